The maximum Gasteiger partial charge on any atom is 0.338 e. The number of carbonyl (C=O) groups excluding carboxylic acids is 2. The number of nitrogens with one attached hydrogen (secondary N) is 1. The Morgan fingerprint density at radius 3 is 2.69 bits per heavy atom. The molecule has 26 heavy (non-hydrogen) atoms. The van der Waals surface area contributed by atoms with E-state index in [1.807, 2.05) is 4.90 Å². The van der Waals surface area contributed by atoms with Gasteiger partial charge in [0.1, 0.15) is 5.69 Å². The fourth-order valence-corrected chi connectivity index (χ4v) is 2.73. The largest absolute Gasteiger partial charge is 0.452 e. The summed E-state index contributed by atoms with van der Waals surface area (Å²) in [6, 6.07) is 4.25. The summed E-state index contributed by atoms with van der Waals surface area (Å²) < 4.78 is 9.79. The average molecular weight is 365 g/mol. The lowest BCUT2D eigenvalue weighted by Crippen LogP contribution is -2.30. The van der Waals surface area contributed by atoms with Crippen LogP contribution in [-0.4, -0.2) is 56.8 Å². The van der Waals surface area contributed by atoms with E-state index in [0.29, 0.717) is 25.3 Å². The molecule has 9 nitrogen and oxygen atoms in total. The second-order valence-electron chi connectivity index (χ2n) is 5.93. The number of nitro benzene ring substituents is 1. The van der Waals surface area contributed by atoms with Crippen molar-refractivity contribution in [1.29, 1.82) is 0 Å². The number of nitro groups is 1. The highest BCUT2D eigenvalue weighted by Gasteiger charge is 2.24. The monoisotopic (exact) mass is 365 g/mol. The van der Waals surface area contributed by atoms with Crippen molar-refractivity contribution in [3.8, 4) is 0 Å². The zero-order valence-electron chi connectivity index (χ0n) is 14.7. The number of amides is 1. The van der Waals surface area contributed by atoms with Gasteiger partial charge in [0, 0.05) is 39.4 Å². The molecule has 1 aromatic rings. The number of hydrogen-bond donors (Lipinski definition) is 1. The second kappa shape index (κ2) is 9.71. The first-order valence-electron chi connectivity index (χ1n) is 8.49. The Labute approximate surface area is 151 Å². The first kappa shape index (κ1) is 19.6. The summed E-state index contributed by atoms with van der Waals surface area (Å²) in [5.41, 5.74) is 0.414. The van der Waals surface area contributed by atoms with Gasteiger partial charge in [-0.2, -0.15) is 0 Å². The molecule has 1 fully saturated rings. The predicted molar refractivity (Wildman–Crippen MR) is 94.3 cm³/mol. The molecule has 0 aliphatic carbocycles. The van der Waals surface area contributed by atoms with Gasteiger partial charge in [0.15, 0.2) is 6.61 Å². The van der Waals surface area contributed by atoms with Crippen LogP contribution in [0.5, 0.6) is 0 Å². The van der Waals surface area contributed by atoms with Gasteiger partial charge in [0.05, 0.1) is 10.5 Å². The zero-order chi connectivity index (χ0) is 18.9. The highest BCUT2D eigenvalue weighted by atomic mass is 16.6. The van der Waals surface area contributed by atoms with Crippen molar-refractivity contribution in [2.75, 3.05) is 44.9 Å². The summed E-state index contributed by atoms with van der Waals surface area (Å²) in [4.78, 5) is 36.4. The van der Waals surface area contributed by atoms with E-state index in [9.17, 15) is 19.7 Å². The summed E-state index contributed by atoms with van der Waals surface area (Å²) in [6.07, 6.45) is 2.63. The number of benzene rings is 1. The molecule has 1 aliphatic rings. The van der Waals surface area contributed by atoms with E-state index in [-0.39, 0.29) is 11.3 Å². The van der Waals surface area contributed by atoms with Crippen LogP contribution in [0.25, 0.3) is 0 Å². The third-order valence-electron chi connectivity index (χ3n) is 4.04. The van der Waals surface area contributed by atoms with Gasteiger partial charge in [-0.1, -0.05) is 0 Å². The molecule has 0 saturated carbocycles. The molecule has 0 atom stereocenters. The Morgan fingerprint density at radius 2 is 2.04 bits per heavy atom. The maximum absolute atomic E-state index is 12.1. The van der Waals surface area contributed by atoms with E-state index in [1.54, 1.807) is 13.2 Å². The van der Waals surface area contributed by atoms with E-state index in [0.717, 1.165) is 25.9 Å². The lowest BCUT2D eigenvalue weighted by molar-refractivity contribution is -0.384. The smallest absolute Gasteiger partial charge is 0.338 e. The third kappa shape index (κ3) is 5.41. The number of rotatable bonds is 9. The highest BCUT2D eigenvalue weighted by Crippen LogP contribution is 2.31. The molecule has 0 bridgehead atoms. The number of anilines is 1. The summed E-state index contributed by atoms with van der Waals surface area (Å²) in [5.74, 6) is -1.20. The molecule has 9 heteroatoms. The SMILES string of the molecule is COCCCNC(=O)COC(=O)c1ccc(N2CCCC2)c([N+](=O)[O-])c1. The molecule has 0 radical (unpaired) electrons. The van der Waals surface area contributed by atoms with Crippen molar-refractivity contribution in [3.05, 3.63) is 33.9 Å². The van der Waals surface area contributed by atoms with Crippen LogP contribution in [0.15, 0.2) is 18.2 Å². The van der Waals surface area contributed by atoms with Gasteiger partial charge in [-0.15, -0.1) is 0 Å². The Hall–Kier alpha value is -2.68. The van der Waals surface area contributed by atoms with Crippen LogP contribution >= 0.6 is 0 Å². The molecule has 1 heterocycles. The molecular weight excluding hydrogens is 342 g/mol. The fourth-order valence-electron chi connectivity index (χ4n) is 2.73. The molecule has 1 aliphatic heterocycles. The number of nitrogens with zero attached hydrogens (tertiary/aromatic N) is 2. The van der Waals surface area contributed by atoms with E-state index in [2.05, 4.69) is 5.32 Å². The van der Waals surface area contributed by atoms with Crippen molar-refractivity contribution < 1.29 is 24.0 Å². The van der Waals surface area contributed by atoms with Crippen molar-refractivity contribution in [1.82, 2.24) is 5.32 Å². The van der Waals surface area contributed by atoms with Crippen LogP contribution < -0.4 is 10.2 Å². The molecular formula is C17H23N3O6. The molecule has 0 aromatic heterocycles. The van der Waals surface area contributed by atoms with Crippen molar-refractivity contribution >= 4 is 23.3 Å². The van der Waals surface area contributed by atoms with Crippen molar-refractivity contribution in [3.63, 3.8) is 0 Å². The molecule has 1 saturated heterocycles. The van der Waals surface area contributed by atoms with E-state index >= 15 is 0 Å². The topological polar surface area (TPSA) is 111 Å². The van der Waals surface area contributed by atoms with Gasteiger partial charge in [-0.3, -0.25) is 14.9 Å². The predicted octanol–water partition coefficient (Wildman–Crippen LogP) is 1.50. The van der Waals surface area contributed by atoms with Gasteiger partial charge in [-0.05, 0) is 31.4 Å². The number of esters is 1. The Balaban J connectivity index is 1.95. The summed E-state index contributed by atoms with van der Waals surface area (Å²) in [5, 5.41) is 13.9. The van der Waals surface area contributed by atoms with Crippen LogP contribution in [-0.2, 0) is 14.3 Å². The number of ether oxygens (including phenoxy) is 2. The first-order valence-corrected chi connectivity index (χ1v) is 8.49. The fraction of sp³-hybridized carbons (Fsp3) is 0.529. The molecule has 2 rings (SSSR count). The van der Waals surface area contributed by atoms with E-state index < -0.39 is 23.4 Å². The molecule has 0 spiro atoms. The number of methoxy groups -OCH3 is 1. The quantitative estimate of drug-likeness (QED) is 0.305. The number of carbonyl (C=O) groups is 2. The van der Waals surface area contributed by atoms with Gasteiger partial charge in [0.2, 0.25) is 0 Å². The van der Waals surface area contributed by atoms with E-state index in [1.165, 1.54) is 12.1 Å². The van der Waals surface area contributed by atoms with Crippen LogP contribution in [0.2, 0.25) is 0 Å². The first-order chi connectivity index (χ1) is 12.5. The van der Waals surface area contributed by atoms with Crippen molar-refractivity contribution in [2.24, 2.45) is 0 Å². The Bertz CT molecular complexity index is 658. The second-order valence-corrected chi connectivity index (χ2v) is 5.93. The van der Waals surface area contributed by atoms with Gasteiger partial charge in [0.25, 0.3) is 11.6 Å². The lowest BCUT2D eigenvalue weighted by atomic mass is 10.1. The van der Waals surface area contributed by atoms with Crippen LogP contribution in [0, 0.1) is 10.1 Å². The Kier molecular flexibility index (Phi) is 7.34. The molecule has 142 valence electrons. The summed E-state index contributed by atoms with van der Waals surface area (Å²) in [7, 11) is 1.57. The van der Waals surface area contributed by atoms with Gasteiger partial charge < -0.3 is 19.7 Å². The standard InChI is InChI=1S/C17H23N3O6/c1-25-10-4-7-18-16(21)12-26-17(22)13-5-6-14(15(11-13)20(23)24)19-8-2-3-9-19/h5-6,11H,2-4,7-10,12H2,1H3,(H,18,21). The minimum Gasteiger partial charge on any atom is -0.452 e. The summed E-state index contributed by atoms with van der Waals surface area (Å²) >= 11 is 0. The zero-order valence-corrected chi connectivity index (χ0v) is 14.7. The highest BCUT2D eigenvalue weighted by molar-refractivity contribution is 5.93. The van der Waals surface area contributed by atoms with Gasteiger partial charge in [-0.25, -0.2) is 4.79 Å². The third-order valence-corrected chi connectivity index (χ3v) is 4.04. The minimum absolute atomic E-state index is 0.0480. The van der Waals surface area contributed by atoms with Gasteiger partial charge >= 0.3 is 5.97 Å². The average Bonchev–Trinajstić information content (AvgIpc) is 3.17. The number of hydrogen-bond acceptors (Lipinski definition) is 7. The van der Waals surface area contributed by atoms with Crippen LogP contribution in [0.3, 0.4) is 0 Å². The molecule has 1 N–H and O–H groups in total. The molecule has 1 amide bonds. The normalized spacial score (nSPS) is 13.5. The molecule has 1 aromatic carbocycles. The Morgan fingerprint density at radius 1 is 1.31 bits per heavy atom. The van der Waals surface area contributed by atoms with E-state index in [4.69, 9.17) is 9.47 Å². The van der Waals surface area contributed by atoms with Crippen LogP contribution in [0.1, 0.15) is 29.6 Å². The molecule has 0 unspecified atom stereocenters. The maximum atomic E-state index is 12.1. The van der Waals surface area contributed by atoms with Crippen molar-refractivity contribution in [2.45, 2.75) is 19.3 Å². The lowest BCUT2D eigenvalue weighted by Gasteiger charge is -2.17. The summed E-state index contributed by atoms with van der Waals surface area (Å²) in [6.45, 7) is 2.02. The van der Waals surface area contributed by atoms with Crippen LogP contribution in [0.4, 0.5) is 11.4 Å². The minimum atomic E-state index is -0.770.